The van der Waals surface area contributed by atoms with E-state index >= 15 is 0 Å². The van der Waals surface area contributed by atoms with Gasteiger partial charge in [0.25, 0.3) is 0 Å². The van der Waals surface area contributed by atoms with E-state index in [1.807, 2.05) is 6.07 Å². The van der Waals surface area contributed by atoms with Crippen molar-refractivity contribution in [3.05, 3.63) is 57.8 Å². The molecule has 1 nitrogen and oxygen atoms in total. The molecule has 1 aromatic heterocycles. The van der Waals surface area contributed by atoms with Gasteiger partial charge in [0.15, 0.2) is 0 Å². The molecule has 1 unspecified atom stereocenters. The molecule has 88 valence electrons. The van der Waals surface area contributed by atoms with Gasteiger partial charge in [-0.15, -0.1) is 11.3 Å². The van der Waals surface area contributed by atoms with Crippen molar-refractivity contribution in [2.45, 2.75) is 31.3 Å². The fraction of sp³-hybridized carbons (Fsp3) is 0.333. The van der Waals surface area contributed by atoms with E-state index < -0.39 is 5.60 Å². The van der Waals surface area contributed by atoms with Crippen LogP contribution in [0.4, 0.5) is 0 Å². The number of hydrogen-bond acceptors (Lipinski definition) is 2. The van der Waals surface area contributed by atoms with E-state index in [4.69, 9.17) is 0 Å². The average molecular weight is 244 g/mol. The number of benzene rings is 1. The molecule has 1 atom stereocenters. The van der Waals surface area contributed by atoms with Gasteiger partial charge < -0.3 is 5.11 Å². The monoisotopic (exact) mass is 244 g/mol. The molecule has 0 spiro atoms. The van der Waals surface area contributed by atoms with Crippen molar-refractivity contribution in [3.63, 3.8) is 0 Å². The van der Waals surface area contributed by atoms with Crippen LogP contribution in [0.2, 0.25) is 0 Å². The van der Waals surface area contributed by atoms with E-state index in [-0.39, 0.29) is 0 Å². The molecular weight excluding hydrogens is 228 g/mol. The molecule has 0 amide bonds. The predicted octanol–water partition coefficient (Wildman–Crippen LogP) is 3.51. The predicted molar refractivity (Wildman–Crippen MR) is 71.3 cm³/mol. The van der Waals surface area contributed by atoms with Crippen LogP contribution >= 0.6 is 11.3 Å². The molecule has 1 aromatic carbocycles. The van der Waals surface area contributed by atoms with Gasteiger partial charge in [-0.3, -0.25) is 0 Å². The Morgan fingerprint density at radius 3 is 2.88 bits per heavy atom. The summed E-state index contributed by atoms with van der Waals surface area (Å²) in [5.41, 5.74) is 1.80. The average Bonchev–Trinajstić information content (AvgIpc) is 2.82. The normalized spacial score (nSPS) is 23.4. The molecule has 1 aliphatic carbocycles. The van der Waals surface area contributed by atoms with Crippen molar-refractivity contribution in [3.8, 4) is 0 Å². The minimum Gasteiger partial charge on any atom is -0.385 e. The first kappa shape index (κ1) is 11.0. The number of aryl methyl sites for hydroxylation is 1. The van der Waals surface area contributed by atoms with Gasteiger partial charge in [-0.1, -0.05) is 30.3 Å². The maximum atomic E-state index is 10.9. The Balaban J connectivity index is 1.98. The number of aliphatic hydroxyl groups is 1. The smallest absolute Gasteiger partial charge is 0.0947 e. The van der Waals surface area contributed by atoms with Crippen LogP contribution in [0.1, 0.15) is 28.8 Å². The van der Waals surface area contributed by atoms with Gasteiger partial charge in [-0.2, -0.15) is 0 Å². The van der Waals surface area contributed by atoms with E-state index in [0.717, 1.165) is 31.2 Å². The highest BCUT2D eigenvalue weighted by Gasteiger charge is 2.34. The second kappa shape index (κ2) is 4.28. The number of thiophene rings is 1. The van der Waals surface area contributed by atoms with Crippen LogP contribution in [0.25, 0.3) is 0 Å². The maximum absolute atomic E-state index is 10.9. The van der Waals surface area contributed by atoms with Gasteiger partial charge in [0.1, 0.15) is 0 Å². The first-order chi connectivity index (χ1) is 8.28. The highest BCUT2D eigenvalue weighted by atomic mass is 32.1. The Morgan fingerprint density at radius 2 is 2.06 bits per heavy atom. The number of fused-ring (bicyclic) bond motifs is 1. The lowest BCUT2D eigenvalue weighted by Gasteiger charge is -2.34. The van der Waals surface area contributed by atoms with E-state index in [9.17, 15) is 5.11 Å². The lowest BCUT2D eigenvalue weighted by Crippen LogP contribution is -2.32. The summed E-state index contributed by atoms with van der Waals surface area (Å²) in [6, 6.07) is 12.5. The van der Waals surface area contributed by atoms with E-state index in [2.05, 4.69) is 35.7 Å². The maximum Gasteiger partial charge on any atom is 0.0947 e. The molecule has 1 N–H and O–H groups in total. The summed E-state index contributed by atoms with van der Waals surface area (Å²) in [6.45, 7) is 0. The molecule has 1 heterocycles. The fourth-order valence-electron chi connectivity index (χ4n) is 2.78. The van der Waals surface area contributed by atoms with Crippen LogP contribution in [0, 0.1) is 0 Å². The summed E-state index contributed by atoms with van der Waals surface area (Å²) in [4.78, 5) is 1.27. The third kappa shape index (κ3) is 2.03. The molecule has 0 saturated carbocycles. The van der Waals surface area contributed by atoms with Crippen LogP contribution in [0.3, 0.4) is 0 Å². The third-order valence-corrected chi connectivity index (χ3v) is 4.48. The Bertz CT molecular complexity index is 503. The van der Waals surface area contributed by atoms with Crippen molar-refractivity contribution < 1.29 is 5.11 Å². The lowest BCUT2D eigenvalue weighted by molar-refractivity contribution is 0.0198. The van der Waals surface area contributed by atoms with Gasteiger partial charge >= 0.3 is 0 Å². The molecule has 2 aromatic rings. The highest BCUT2D eigenvalue weighted by molar-refractivity contribution is 7.09. The SMILES string of the molecule is OC1(Cc2cccs2)CCCc2ccccc21. The number of hydrogen-bond donors (Lipinski definition) is 1. The van der Waals surface area contributed by atoms with Crippen LogP contribution in [0.15, 0.2) is 41.8 Å². The molecule has 1 aliphatic rings. The van der Waals surface area contributed by atoms with Crippen LogP contribution in [-0.2, 0) is 18.4 Å². The largest absolute Gasteiger partial charge is 0.385 e. The van der Waals surface area contributed by atoms with Gasteiger partial charge in [0.2, 0.25) is 0 Å². The summed E-state index contributed by atoms with van der Waals surface area (Å²) in [5.74, 6) is 0. The number of rotatable bonds is 2. The summed E-state index contributed by atoms with van der Waals surface area (Å²) in [6.07, 6.45) is 3.81. The van der Waals surface area contributed by atoms with Crippen molar-refractivity contribution in [2.75, 3.05) is 0 Å². The Kier molecular flexibility index (Phi) is 2.77. The zero-order valence-corrected chi connectivity index (χ0v) is 10.5. The van der Waals surface area contributed by atoms with E-state index in [0.29, 0.717) is 0 Å². The standard InChI is InChI=1S/C15H16OS/c16-15(11-13-7-4-10-17-13)9-3-6-12-5-1-2-8-14(12)15/h1-2,4-5,7-8,10,16H,3,6,9,11H2. The van der Waals surface area contributed by atoms with Gasteiger partial charge in [-0.05, 0) is 41.8 Å². The van der Waals surface area contributed by atoms with Gasteiger partial charge in [0, 0.05) is 11.3 Å². The topological polar surface area (TPSA) is 20.2 Å². The summed E-state index contributed by atoms with van der Waals surface area (Å²) >= 11 is 1.73. The Hall–Kier alpha value is -1.12. The molecule has 0 aliphatic heterocycles. The quantitative estimate of drug-likeness (QED) is 0.857. The van der Waals surface area contributed by atoms with Gasteiger partial charge in [-0.25, -0.2) is 0 Å². The fourth-order valence-corrected chi connectivity index (χ4v) is 3.59. The second-order valence-electron chi connectivity index (χ2n) is 4.80. The van der Waals surface area contributed by atoms with Crippen molar-refractivity contribution in [1.29, 1.82) is 0 Å². The minimum atomic E-state index is -0.653. The first-order valence-corrected chi connectivity index (χ1v) is 6.99. The Morgan fingerprint density at radius 1 is 1.18 bits per heavy atom. The van der Waals surface area contributed by atoms with Crippen LogP contribution < -0.4 is 0 Å². The molecule has 17 heavy (non-hydrogen) atoms. The minimum absolute atomic E-state index is 0.653. The van der Waals surface area contributed by atoms with E-state index in [1.54, 1.807) is 11.3 Å². The second-order valence-corrected chi connectivity index (χ2v) is 5.83. The van der Waals surface area contributed by atoms with Crippen molar-refractivity contribution >= 4 is 11.3 Å². The molecule has 0 saturated heterocycles. The first-order valence-electron chi connectivity index (χ1n) is 6.11. The zero-order chi connectivity index (χ0) is 11.7. The molecule has 3 rings (SSSR count). The molecule has 0 fully saturated rings. The van der Waals surface area contributed by atoms with Crippen LogP contribution in [-0.4, -0.2) is 5.11 Å². The highest BCUT2D eigenvalue weighted by Crippen LogP contribution is 2.38. The van der Waals surface area contributed by atoms with Crippen molar-refractivity contribution in [1.82, 2.24) is 0 Å². The van der Waals surface area contributed by atoms with Gasteiger partial charge in [0.05, 0.1) is 5.60 Å². The summed E-state index contributed by atoms with van der Waals surface area (Å²) < 4.78 is 0. The Labute approximate surface area is 106 Å². The lowest BCUT2D eigenvalue weighted by atomic mass is 9.77. The van der Waals surface area contributed by atoms with Crippen LogP contribution in [0.5, 0.6) is 0 Å². The molecule has 0 bridgehead atoms. The molecule has 0 radical (unpaired) electrons. The third-order valence-electron chi connectivity index (χ3n) is 3.60. The molecule has 2 heteroatoms. The van der Waals surface area contributed by atoms with Crippen molar-refractivity contribution in [2.24, 2.45) is 0 Å². The van der Waals surface area contributed by atoms with E-state index in [1.165, 1.54) is 10.4 Å². The zero-order valence-electron chi connectivity index (χ0n) is 9.73. The summed E-state index contributed by atoms with van der Waals surface area (Å²) in [7, 11) is 0. The summed E-state index contributed by atoms with van der Waals surface area (Å²) in [5, 5.41) is 13.0. The molecular formula is C15H16OS.